The lowest BCUT2D eigenvalue weighted by molar-refractivity contribution is 0.0955. The number of nitrogens with zero attached hydrogens (tertiary/aromatic N) is 1. The number of halogens is 1. The van der Waals surface area contributed by atoms with Crippen molar-refractivity contribution in [3.05, 3.63) is 58.9 Å². The Morgan fingerprint density at radius 1 is 1.26 bits per heavy atom. The Bertz CT molecular complexity index is 552. The summed E-state index contributed by atoms with van der Waals surface area (Å²) in [7, 11) is 0. The number of nitrogens with two attached hydrogens (primary N) is 1. The van der Waals surface area contributed by atoms with Crippen LogP contribution >= 0.6 is 11.6 Å². The van der Waals surface area contributed by atoms with Gasteiger partial charge < -0.3 is 11.1 Å². The number of pyridine rings is 1. The third-order valence-corrected chi connectivity index (χ3v) is 2.99. The molecule has 2 rings (SSSR count). The zero-order valence-electron chi connectivity index (χ0n) is 10.3. The summed E-state index contributed by atoms with van der Waals surface area (Å²) in [6.07, 6.45) is 2.22. The first-order valence-corrected chi connectivity index (χ1v) is 6.28. The molecule has 0 spiro atoms. The standard InChI is InChI=1S/C14H14ClN3O/c15-13-12(11(16)7-9-17-13)14(19)18-8-6-10-4-2-1-3-5-10/h1-5,7,9H,6,8H2,(H2,16,17)(H,18,19). The molecular formula is C14H14ClN3O. The SMILES string of the molecule is Nc1ccnc(Cl)c1C(=O)NCCc1ccccc1. The number of nitrogen functional groups attached to an aromatic ring is 1. The maximum Gasteiger partial charge on any atom is 0.256 e. The lowest BCUT2D eigenvalue weighted by atomic mass is 10.1. The van der Waals surface area contributed by atoms with Gasteiger partial charge in [-0.25, -0.2) is 4.98 Å². The molecular weight excluding hydrogens is 262 g/mol. The van der Waals surface area contributed by atoms with E-state index in [2.05, 4.69) is 10.3 Å². The molecule has 1 aromatic heterocycles. The molecule has 0 unspecified atom stereocenters. The highest BCUT2D eigenvalue weighted by molar-refractivity contribution is 6.33. The molecule has 0 radical (unpaired) electrons. The van der Waals surface area contributed by atoms with Crippen LogP contribution in [-0.2, 0) is 6.42 Å². The molecule has 4 nitrogen and oxygen atoms in total. The second-order valence-corrected chi connectivity index (χ2v) is 4.42. The molecule has 98 valence electrons. The van der Waals surface area contributed by atoms with Gasteiger partial charge in [0.2, 0.25) is 0 Å². The van der Waals surface area contributed by atoms with Crippen LogP contribution in [0.4, 0.5) is 5.69 Å². The predicted molar refractivity (Wildman–Crippen MR) is 76.1 cm³/mol. The smallest absolute Gasteiger partial charge is 0.256 e. The highest BCUT2D eigenvalue weighted by atomic mass is 35.5. The van der Waals surface area contributed by atoms with E-state index in [1.807, 2.05) is 30.3 Å². The van der Waals surface area contributed by atoms with Gasteiger partial charge in [0.1, 0.15) is 5.15 Å². The maximum absolute atomic E-state index is 12.0. The fourth-order valence-electron chi connectivity index (χ4n) is 1.73. The second-order valence-electron chi connectivity index (χ2n) is 4.06. The summed E-state index contributed by atoms with van der Waals surface area (Å²) in [4.78, 5) is 15.8. The maximum atomic E-state index is 12.0. The van der Waals surface area contributed by atoms with Crippen LogP contribution < -0.4 is 11.1 Å². The summed E-state index contributed by atoms with van der Waals surface area (Å²) in [5.74, 6) is -0.300. The molecule has 0 saturated heterocycles. The summed E-state index contributed by atoms with van der Waals surface area (Å²) >= 11 is 5.87. The van der Waals surface area contributed by atoms with Gasteiger partial charge in [-0.05, 0) is 18.1 Å². The molecule has 0 fully saturated rings. The molecule has 0 bridgehead atoms. The molecule has 3 N–H and O–H groups in total. The van der Waals surface area contributed by atoms with E-state index in [0.29, 0.717) is 12.2 Å². The summed E-state index contributed by atoms with van der Waals surface area (Å²) in [5, 5.41) is 2.91. The van der Waals surface area contributed by atoms with E-state index >= 15 is 0 Å². The topological polar surface area (TPSA) is 68.0 Å². The van der Waals surface area contributed by atoms with Crippen molar-refractivity contribution >= 4 is 23.2 Å². The number of aromatic nitrogens is 1. The summed E-state index contributed by atoms with van der Waals surface area (Å²) in [6.45, 7) is 0.521. The van der Waals surface area contributed by atoms with Crippen LogP contribution in [0.1, 0.15) is 15.9 Å². The highest BCUT2D eigenvalue weighted by Gasteiger charge is 2.14. The first-order chi connectivity index (χ1) is 9.18. The summed E-state index contributed by atoms with van der Waals surface area (Å²) in [6, 6.07) is 11.5. The number of amides is 1. The molecule has 0 aliphatic carbocycles. The number of nitrogens with one attached hydrogen (secondary N) is 1. The number of anilines is 1. The van der Waals surface area contributed by atoms with Crippen molar-refractivity contribution < 1.29 is 4.79 Å². The van der Waals surface area contributed by atoms with Crippen molar-refractivity contribution in [1.29, 1.82) is 0 Å². The summed E-state index contributed by atoms with van der Waals surface area (Å²) < 4.78 is 0. The molecule has 0 aliphatic heterocycles. The van der Waals surface area contributed by atoms with Crippen molar-refractivity contribution in [2.45, 2.75) is 6.42 Å². The van der Waals surface area contributed by atoms with Crippen molar-refractivity contribution in [2.75, 3.05) is 12.3 Å². The lowest BCUT2D eigenvalue weighted by Crippen LogP contribution is -2.27. The third kappa shape index (κ3) is 3.45. The Balaban J connectivity index is 1.95. The molecule has 5 heteroatoms. The van der Waals surface area contributed by atoms with E-state index in [1.165, 1.54) is 6.20 Å². The lowest BCUT2D eigenvalue weighted by Gasteiger charge is -2.08. The molecule has 1 aromatic carbocycles. The minimum absolute atomic E-state index is 0.122. The molecule has 0 atom stereocenters. The summed E-state index contributed by atoms with van der Waals surface area (Å²) in [5.41, 5.74) is 7.44. The van der Waals surface area contributed by atoms with Crippen LogP contribution in [0.3, 0.4) is 0 Å². The quantitative estimate of drug-likeness (QED) is 0.841. The molecule has 0 aliphatic rings. The van der Waals surface area contributed by atoms with Crippen LogP contribution in [0.15, 0.2) is 42.6 Å². The first-order valence-electron chi connectivity index (χ1n) is 5.90. The van der Waals surface area contributed by atoms with Gasteiger partial charge in [-0.2, -0.15) is 0 Å². The fraction of sp³-hybridized carbons (Fsp3) is 0.143. The Morgan fingerprint density at radius 3 is 2.68 bits per heavy atom. The van der Waals surface area contributed by atoms with Crippen LogP contribution in [0.5, 0.6) is 0 Å². The van der Waals surface area contributed by atoms with Crippen molar-refractivity contribution in [3.8, 4) is 0 Å². The molecule has 2 aromatic rings. The monoisotopic (exact) mass is 275 g/mol. The number of carbonyl (C=O) groups excluding carboxylic acids is 1. The van der Waals surface area contributed by atoms with Gasteiger partial charge in [-0.3, -0.25) is 4.79 Å². The van der Waals surface area contributed by atoms with Gasteiger partial charge in [0.25, 0.3) is 5.91 Å². The van der Waals surface area contributed by atoms with E-state index in [9.17, 15) is 4.79 Å². The molecule has 19 heavy (non-hydrogen) atoms. The van der Waals surface area contributed by atoms with E-state index in [1.54, 1.807) is 6.07 Å². The molecule has 0 saturated carbocycles. The van der Waals surface area contributed by atoms with Crippen molar-refractivity contribution in [1.82, 2.24) is 10.3 Å². The zero-order valence-corrected chi connectivity index (χ0v) is 11.0. The van der Waals surface area contributed by atoms with Gasteiger partial charge in [-0.15, -0.1) is 0 Å². The van der Waals surface area contributed by atoms with Gasteiger partial charge in [0.15, 0.2) is 0 Å². The second kappa shape index (κ2) is 6.20. The van der Waals surface area contributed by atoms with Gasteiger partial charge in [-0.1, -0.05) is 41.9 Å². The number of rotatable bonds is 4. The Hall–Kier alpha value is -2.07. The fourth-order valence-corrected chi connectivity index (χ4v) is 1.98. The molecule has 1 amide bonds. The van der Waals surface area contributed by atoms with Crippen LogP contribution in [0.25, 0.3) is 0 Å². The van der Waals surface area contributed by atoms with Crippen molar-refractivity contribution in [2.24, 2.45) is 0 Å². The zero-order chi connectivity index (χ0) is 13.7. The van der Waals surface area contributed by atoms with Gasteiger partial charge >= 0.3 is 0 Å². The third-order valence-electron chi connectivity index (χ3n) is 2.71. The van der Waals surface area contributed by atoms with Gasteiger partial charge in [0, 0.05) is 18.4 Å². The average molecular weight is 276 g/mol. The van der Waals surface area contributed by atoms with Crippen LogP contribution in [0.2, 0.25) is 5.15 Å². The normalized spacial score (nSPS) is 10.2. The number of hydrogen-bond donors (Lipinski definition) is 2. The van der Waals surface area contributed by atoms with E-state index < -0.39 is 0 Å². The number of hydrogen-bond acceptors (Lipinski definition) is 3. The van der Waals surface area contributed by atoms with E-state index in [-0.39, 0.29) is 16.6 Å². The highest BCUT2D eigenvalue weighted by Crippen LogP contribution is 2.18. The predicted octanol–water partition coefficient (Wildman–Crippen LogP) is 2.29. The Kier molecular flexibility index (Phi) is 4.36. The Morgan fingerprint density at radius 2 is 2.00 bits per heavy atom. The van der Waals surface area contributed by atoms with Crippen molar-refractivity contribution in [3.63, 3.8) is 0 Å². The largest absolute Gasteiger partial charge is 0.398 e. The number of carbonyl (C=O) groups is 1. The van der Waals surface area contributed by atoms with E-state index in [4.69, 9.17) is 17.3 Å². The van der Waals surface area contributed by atoms with Gasteiger partial charge in [0.05, 0.1) is 5.56 Å². The Labute approximate surface area is 116 Å². The van der Waals surface area contributed by atoms with Crippen LogP contribution in [0, 0.1) is 0 Å². The van der Waals surface area contributed by atoms with E-state index in [0.717, 1.165) is 12.0 Å². The molecule has 1 heterocycles. The minimum atomic E-state index is -0.300. The first kappa shape index (κ1) is 13.4. The average Bonchev–Trinajstić information content (AvgIpc) is 2.40. The minimum Gasteiger partial charge on any atom is -0.398 e. The van der Waals surface area contributed by atoms with Crippen LogP contribution in [-0.4, -0.2) is 17.4 Å². The number of benzene rings is 1.